The van der Waals surface area contributed by atoms with Crippen LogP contribution in [0.4, 0.5) is 11.4 Å². The molecule has 0 fully saturated rings. The number of phenolic OH excluding ortho intramolecular Hbond substituents is 1. The van der Waals surface area contributed by atoms with E-state index in [9.17, 15) is 14.7 Å². The van der Waals surface area contributed by atoms with E-state index in [1.165, 1.54) is 0 Å². The van der Waals surface area contributed by atoms with Gasteiger partial charge < -0.3 is 15.7 Å². The molecule has 2 aromatic carbocycles. The summed E-state index contributed by atoms with van der Waals surface area (Å²) in [5, 5.41) is 15.3. The second-order valence-electron chi connectivity index (χ2n) is 5.63. The molecule has 0 saturated heterocycles. The summed E-state index contributed by atoms with van der Waals surface area (Å²) in [4.78, 5) is 24.0. The first kappa shape index (κ1) is 17.5. The molecular weight excluding hydrogens is 304 g/mol. The van der Waals surface area contributed by atoms with E-state index in [1.54, 1.807) is 49.4 Å². The van der Waals surface area contributed by atoms with Gasteiger partial charge in [-0.1, -0.05) is 19.4 Å². The lowest BCUT2D eigenvalue weighted by Gasteiger charge is -2.10. The standard InChI is InChI=1S/C19H22N2O3/c1-3-4-8-18(23)20-14-9-11-15(12-10-14)21-19(24)16-6-5-7-17(22)13(16)2/h5-7,9-12,22H,3-4,8H2,1-2H3,(H,20,23)(H,21,24). The van der Waals surface area contributed by atoms with Crippen molar-refractivity contribution in [2.24, 2.45) is 0 Å². The Hall–Kier alpha value is -2.82. The van der Waals surface area contributed by atoms with Crippen molar-refractivity contribution in [1.82, 2.24) is 0 Å². The summed E-state index contributed by atoms with van der Waals surface area (Å²) in [6.45, 7) is 3.73. The van der Waals surface area contributed by atoms with Gasteiger partial charge in [0.2, 0.25) is 5.91 Å². The maximum atomic E-state index is 12.3. The van der Waals surface area contributed by atoms with Gasteiger partial charge in [0.05, 0.1) is 0 Å². The quantitative estimate of drug-likeness (QED) is 0.748. The number of carbonyl (C=O) groups is 2. The average Bonchev–Trinajstić information content (AvgIpc) is 2.57. The van der Waals surface area contributed by atoms with Crippen LogP contribution in [-0.2, 0) is 4.79 Å². The van der Waals surface area contributed by atoms with Crippen LogP contribution in [0, 0.1) is 6.92 Å². The lowest BCUT2D eigenvalue weighted by Crippen LogP contribution is -2.14. The van der Waals surface area contributed by atoms with Gasteiger partial charge in [0, 0.05) is 28.9 Å². The number of aromatic hydroxyl groups is 1. The minimum atomic E-state index is -0.289. The Kier molecular flexibility index (Phi) is 5.95. The smallest absolute Gasteiger partial charge is 0.256 e. The second kappa shape index (κ2) is 8.15. The van der Waals surface area contributed by atoms with Crippen LogP contribution in [0.1, 0.15) is 42.1 Å². The predicted octanol–water partition coefficient (Wildman–Crippen LogP) is 4.08. The zero-order chi connectivity index (χ0) is 17.5. The van der Waals surface area contributed by atoms with E-state index < -0.39 is 0 Å². The molecule has 0 saturated carbocycles. The van der Waals surface area contributed by atoms with Crippen LogP contribution in [0.25, 0.3) is 0 Å². The van der Waals surface area contributed by atoms with Crippen LogP contribution < -0.4 is 10.6 Å². The highest BCUT2D eigenvalue weighted by molar-refractivity contribution is 6.05. The SMILES string of the molecule is CCCCC(=O)Nc1ccc(NC(=O)c2cccc(O)c2C)cc1. The molecule has 0 aliphatic rings. The topological polar surface area (TPSA) is 78.4 Å². The third kappa shape index (κ3) is 4.59. The molecule has 0 atom stereocenters. The first-order valence-electron chi connectivity index (χ1n) is 8.01. The Morgan fingerprint density at radius 2 is 1.62 bits per heavy atom. The molecule has 2 aromatic rings. The number of nitrogens with one attached hydrogen (secondary N) is 2. The van der Waals surface area contributed by atoms with Gasteiger partial charge in [0.25, 0.3) is 5.91 Å². The van der Waals surface area contributed by atoms with Crippen LogP contribution >= 0.6 is 0 Å². The summed E-state index contributed by atoms with van der Waals surface area (Å²) in [5.41, 5.74) is 2.28. The van der Waals surface area contributed by atoms with E-state index in [-0.39, 0.29) is 17.6 Å². The van der Waals surface area contributed by atoms with Gasteiger partial charge in [-0.25, -0.2) is 0 Å². The number of anilines is 2. The van der Waals surface area contributed by atoms with Crippen molar-refractivity contribution < 1.29 is 14.7 Å². The summed E-state index contributed by atoms with van der Waals surface area (Å²) in [5.74, 6) is -0.208. The maximum Gasteiger partial charge on any atom is 0.256 e. The minimum Gasteiger partial charge on any atom is -0.508 e. The fourth-order valence-electron chi connectivity index (χ4n) is 2.27. The third-order valence-corrected chi connectivity index (χ3v) is 3.73. The van der Waals surface area contributed by atoms with Gasteiger partial charge in [-0.3, -0.25) is 9.59 Å². The summed E-state index contributed by atoms with van der Waals surface area (Å²) in [7, 11) is 0. The number of benzene rings is 2. The van der Waals surface area contributed by atoms with Crippen LogP contribution in [0.3, 0.4) is 0 Å². The monoisotopic (exact) mass is 326 g/mol. The maximum absolute atomic E-state index is 12.3. The molecule has 126 valence electrons. The Morgan fingerprint density at radius 3 is 2.25 bits per heavy atom. The van der Waals surface area contributed by atoms with Crippen molar-refractivity contribution in [1.29, 1.82) is 0 Å². The Bertz CT molecular complexity index is 724. The summed E-state index contributed by atoms with van der Waals surface area (Å²) in [6.07, 6.45) is 2.35. The van der Waals surface area contributed by atoms with Crippen LogP contribution in [0.15, 0.2) is 42.5 Å². The van der Waals surface area contributed by atoms with Crippen molar-refractivity contribution in [2.45, 2.75) is 33.1 Å². The van der Waals surface area contributed by atoms with E-state index in [2.05, 4.69) is 10.6 Å². The molecular formula is C19H22N2O3. The highest BCUT2D eigenvalue weighted by Crippen LogP contribution is 2.21. The number of phenols is 1. The summed E-state index contributed by atoms with van der Waals surface area (Å²) in [6, 6.07) is 11.8. The highest BCUT2D eigenvalue weighted by Gasteiger charge is 2.11. The van der Waals surface area contributed by atoms with Crippen LogP contribution in [0.5, 0.6) is 5.75 Å². The average molecular weight is 326 g/mol. The number of hydrogen-bond donors (Lipinski definition) is 3. The molecule has 0 aromatic heterocycles. The molecule has 5 nitrogen and oxygen atoms in total. The molecule has 24 heavy (non-hydrogen) atoms. The zero-order valence-corrected chi connectivity index (χ0v) is 13.9. The molecule has 0 unspecified atom stereocenters. The van der Waals surface area contributed by atoms with Crippen molar-refractivity contribution in [2.75, 3.05) is 10.6 Å². The van der Waals surface area contributed by atoms with E-state index in [0.717, 1.165) is 12.8 Å². The summed E-state index contributed by atoms with van der Waals surface area (Å²) < 4.78 is 0. The lowest BCUT2D eigenvalue weighted by molar-refractivity contribution is -0.116. The first-order valence-corrected chi connectivity index (χ1v) is 8.01. The number of hydrogen-bond acceptors (Lipinski definition) is 3. The van der Waals surface area contributed by atoms with Crippen molar-refractivity contribution in [3.8, 4) is 5.75 Å². The molecule has 2 amide bonds. The van der Waals surface area contributed by atoms with Gasteiger partial charge in [-0.2, -0.15) is 0 Å². The van der Waals surface area contributed by atoms with Gasteiger partial charge in [-0.15, -0.1) is 0 Å². The fourth-order valence-corrected chi connectivity index (χ4v) is 2.27. The Morgan fingerprint density at radius 1 is 1.00 bits per heavy atom. The normalized spacial score (nSPS) is 10.2. The predicted molar refractivity (Wildman–Crippen MR) is 95.4 cm³/mol. The number of rotatable bonds is 6. The molecule has 0 aliphatic carbocycles. The molecule has 0 aliphatic heterocycles. The molecule has 3 N–H and O–H groups in total. The molecule has 5 heteroatoms. The molecule has 0 radical (unpaired) electrons. The van der Waals surface area contributed by atoms with E-state index in [4.69, 9.17) is 0 Å². The number of amides is 2. The highest BCUT2D eigenvalue weighted by atomic mass is 16.3. The minimum absolute atomic E-state index is 0.0102. The van der Waals surface area contributed by atoms with Crippen molar-refractivity contribution >= 4 is 23.2 Å². The van der Waals surface area contributed by atoms with Crippen LogP contribution in [0.2, 0.25) is 0 Å². The second-order valence-corrected chi connectivity index (χ2v) is 5.63. The van der Waals surface area contributed by atoms with Gasteiger partial charge in [0.15, 0.2) is 0 Å². The molecule has 0 heterocycles. The Balaban J connectivity index is 2.00. The third-order valence-electron chi connectivity index (χ3n) is 3.73. The number of unbranched alkanes of at least 4 members (excludes halogenated alkanes) is 1. The first-order chi connectivity index (χ1) is 11.5. The van der Waals surface area contributed by atoms with E-state index in [0.29, 0.717) is 28.9 Å². The largest absolute Gasteiger partial charge is 0.508 e. The lowest BCUT2D eigenvalue weighted by atomic mass is 10.1. The van der Waals surface area contributed by atoms with E-state index in [1.807, 2.05) is 6.92 Å². The van der Waals surface area contributed by atoms with Gasteiger partial charge in [-0.05, 0) is 49.7 Å². The van der Waals surface area contributed by atoms with Gasteiger partial charge in [0.1, 0.15) is 5.75 Å². The van der Waals surface area contributed by atoms with Crippen molar-refractivity contribution in [3.63, 3.8) is 0 Å². The molecule has 0 spiro atoms. The zero-order valence-electron chi connectivity index (χ0n) is 13.9. The number of carbonyl (C=O) groups excluding carboxylic acids is 2. The molecule has 2 rings (SSSR count). The van der Waals surface area contributed by atoms with Crippen LogP contribution in [-0.4, -0.2) is 16.9 Å². The van der Waals surface area contributed by atoms with Gasteiger partial charge >= 0.3 is 0 Å². The van der Waals surface area contributed by atoms with Crippen molar-refractivity contribution in [3.05, 3.63) is 53.6 Å². The summed E-state index contributed by atoms with van der Waals surface area (Å²) >= 11 is 0. The fraction of sp³-hybridized carbons (Fsp3) is 0.263. The Labute approximate surface area is 141 Å². The molecule has 0 bridgehead atoms. The van der Waals surface area contributed by atoms with E-state index >= 15 is 0 Å².